The Kier molecular flexibility index (Phi) is 6.90. The first kappa shape index (κ1) is 24.8. The van der Waals surface area contributed by atoms with Crippen LogP contribution in [0.3, 0.4) is 0 Å². The topological polar surface area (TPSA) is 79.3 Å². The van der Waals surface area contributed by atoms with Crippen molar-refractivity contribution in [2.24, 2.45) is 0 Å². The molecule has 1 N–H and O–H groups in total. The van der Waals surface area contributed by atoms with Gasteiger partial charge in [0.05, 0.1) is 23.8 Å². The fraction of sp³-hybridized carbons (Fsp3) is 0.429. The Morgan fingerprint density at radius 2 is 1.86 bits per heavy atom. The van der Waals surface area contributed by atoms with Gasteiger partial charge in [0.2, 0.25) is 0 Å². The van der Waals surface area contributed by atoms with Crippen LogP contribution in [0.5, 0.6) is 5.75 Å². The molecule has 4 rings (SSSR count). The fourth-order valence-electron chi connectivity index (χ4n) is 4.66. The smallest absolute Gasteiger partial charge is 0.295 e. The maximum absolute atomic E-state index is 13.3. The number of carbonyl (C=O) groups excluding carboxylic acids is 2. The first-order valence-electron chi connectivity index (χ1n) is 12.0. The number of rotatable bonds is 6. The zero-order valence-corrected chi connectivity index (χ0v) is 21.1. The summed E-state index contributed by atoms with van der Waals surface area (Å²) < 4.78 is 10.9. The number of benzene rings is 2. The van der Waals surface area contributed by atoms with E-state index < -0.39 is 17.7 Å². The van der Waals surface area contributed by atoms with Gasteiger partial charge in [0.1, 0.15) is 18.1 Å². The third-order valence-electron chi connectivity index (χ3n) is 6.71. The molecule has 35 heavy (non-hydrogen) atoms. The van der Waals surface area contributed by atoms with Gasteiger partial charge in [-0.15, -0.1) is 0 Å². The molecule has 0 aromatic heterocycles. The summed E-state index contributed by atoms with van der Waals surface area (Å²) >= 11 is 0. The third kappa shape index (κ3) is 4.78. The molecule has 2 aromatic rings. The van der Waals surface area contributed by atoms with Gasteiger partial charge < -0.3 is 24.4 Å². The Balaban J connectivity index is 1.81. The number of Topliss-reactive ketones (excluding diaryl/α,β-unsaturated/α-hetero) is 1. The summed E-state index contributed by atoms with van der Waals surface area (Å²) in [5, 5.41) is 11.4. The third-order valence-corrected chi connectivity index (χ3v) is 6.71. The van der Waals surface area contributed by atoms with Gasteiger partial charge in [-0.25, -0.2) is 0 Å². The molecule has 2 aromatic carbocycles. The van der Waals surface area contributed by atoms with Crippen molar-refractivity contribution in [2.75, 3.05) is 45.4 Å². The van der Waals surface area contributed by atoms with Gasteiger partial charge in [-0.2, -0.15) is 0 Å². The minimum atomic E-state index is -0.675. The summed E-state index contributed by atoms with van der Waals surface area (Å²) in [6.45, 7) is 8.53. The van der Waals surface area contributed by atoms with E-state index in [0.717, 1.165) is 29.1 Å². The minimum absolute atomic E-state index is 0.0317. The maximum Gasteiger partial charge on any atom is 0.295 e. The average molecular weight is 479 g/mol. The number of fused-ring (bicyclic) bond motifs is 1. The molecule has 7 heteroatoms. The number of methoxy groups -OCH3 is 1. The molecule has 1 atom stereocenters. The highest BCUT2D eigenvalue weighted by atomic mass is 16.5. The molecule has 2 aliphatic rings. The fourth-order valence-corrected chi connectivity index (χ4v) is 4.66. The molecule has 1 saturated heterocycles. The van der Waals surface area contributed by atoms with Crippen molar-refractivity contribution in [3.63, 3.8) is 0 Å². The molecule has 1 fully saturated rings. The van der Waals surface area contributed by atoms with E-state index in [1.807, 2.05) is 42.3 Å². The molecule has 186 valence electrons. The van der Waals surface area contributed by atoms with Crippen LogP contribution in [0.15, 0.2) is 48.0 Å². The summed E-state index contributed by atoms with van der Waals surface area (Å²) in [5.74, 6) is -0.730. The first-order valence-corrected chi connectivity index (χ1v) is 12.0. The normalized spacial score (nSPS) is 19.6. The predicted molar refractivity (Wildman–Crippen MR) is 136 cm³/mol. The molecule has 0 bridgehead atoms. The van der Waals surface area contributed by atoms with E-state index >= 15 is 0 Å². The number of hydrogen-bond acceptors (Lipinski definition) is 6. The lowest BCUT2D eigenvalue weighted by atomic mass is 9.85. The van der Waals surface area contributed by atoms with Gasteiger partial charge in [-0.3, -0.25) is 9.59 Å². The molecule has 7 nitrogen and oxygen atoms in total. The van der Waals surface area contributed by atoms with Crippen molar-refractivity contribution < 1.29 is 24.2 Å². The van der Waals surface area contributed by atoms with Crippen molar-refractivity contribution in [1.29, 1.82) is 0 Å². The van der Waals surface area contributed by atoms with Gasteiger partial charge in [-0.05, 0) is 41.2 Å². The molecule has 0 saturated carbocycles. The second kappa shape index (κ2) is 9.74. The number of nitrogens with zero attached hydrogens (tertiary/aromatic N) is 2. The molecule has 2 aliphatic heterocycles. The molecule has 1 amide bonds. The van der Waals surface area contributed by atoms with Crippen LogP contribution in [-0.4, -0.2) is 62.2 Å². The van der Waals surface area contributed by atoms with E-state index in [2.05, 4.69) is 20.8 Å². The number of likely N-dealkylation sites (N-methyl/N-ethyl adjacent to an activating group) is 1. The highest BCUT2D eigenvalue weighted by Gasteiger charge is 2.46. The van der Waals surface area contributed by atoms with Crippen molar-refractivity contribution >= 4 is 23.1 Å². The van der Waals surface area contributed by atoms with Gasteiger partial charge in [0.25, 0.3) is 11.7 Å². The lowest BCUT2D eigenvalue weighted by Gasteiger charge is -2.28. The Morgan fingerprint density at radius 3 is 2.51 bits per heavy atom. The van der Waals surface area contributed by atoms with Gasteiger partial charge in [0, 0.05) is 32.9 Å². The van der Waals surface area contributed by atoms with Crippen LogP contribution in [-0.2, 0) is 19.7 Å². The molecular weight excluding hydrogens is 444 g/mol. The standard InChI is InChI=1S/C28H34N2O5/c1-28(2,3)20-10-7-18(8-11-20)24-23(26(32)27(33)30(24)13-6-15-34-5)25(31)19-9-12-22-21(17-19)29(4)14-16-35-22/h7-12,17,24,31H,6,13-16H2,1-5H3/b25-23-. The Bertz CT molecular complexity index is 1150. The number of carbonyl (C=O) groups is 2. The van der Waals surface area contributed by atoms with Gasteiger partial charge >= 0.3 is 0 Å². The maximum atomic E-state index is 13.3. The van der Waals surface area contributed by atoms with Crippen molar-refractivity contribution in [3.8, 4) is 5.75 Å². The lowest BCUT2D eigenvalue weighted by Crippen LogP contribution is -2.31. The highest BCUT2D eigenvalue weighted by molar-refractivity contribution is 6.46. The van der Waals surface area contributed by atoms with E-state index in [1.54, 1.807) is 24.1 Å². The predicted octanol–water partition coefficient (Wildman–Crippen LogP) is 4.27. The number of likely N-dealkylation sites (tertiary alicyclic amines) is 1. The van der Waals surface area contributed by atoms with Crippen LogP contribution >= 0.6 is 0 Å². The second-order valence-corrected chi connectivity index (χ2v) is 10.2. The molecular formula is C28H34N2O5. The number of amides is 1. The van der Waals surface area contributed by atoms with Gasteiger partial charge in [-0.1, -0.05) is 45.0 Å². The minimum Gasteiger partial charge on any atom is -0.507 e. The highest BCUT2D eigenvalue weighted by Crippen LogP contribution is 2.41. The van der Waals surface area contributed by atoms with E-state index in [1.165, 1.54) is 0 Å². The molecule has 0 spiro atoms. The van der Waals surface area contributed by atoms with E-state index in [0.29, 0.717) is 31.7 Å². The van der Waals surface area contributed by atoms with Crippen LogP contribution in [0.25, 0.3) is 5.76 Å². The Labute approximate surface area is 206 Å². The summed E-state index contributed by atoms with van der Waals surface area (Å²) in [4.78, 5) is 29.9. The monoisotopic (exact) mass is 478 g/mol. The lowest BCUT2D eigenvalue weighted by molar-refractivity contribution is -0.140. The summed E-state index contributed by atoms with van der Waals surface area (Å²) in [6.07, 6.45) is 0.584. The van der Waals surface area contributed by atoms with Crippen LogP contribution in [0.1, 0.15) is 49.9 Å². The van der Waals surface area contributed by atoms with E-state index in [-0.39, 0.29) is 16.7 Å². The summed E-state index contributed by atoms with van der Waals surface area (Å²) in [6, 6.07) is 12.6. The molecule has 0 radical (unpaired) electrons. The van der Waals surface area contributed by atoms with Crippen LogP contribution < -0.4 is 9.64 Å². The van der Waals surface area contributed by atoms with Gasteiger partial charge in [0.15, 0.2) is 0 Å². The van der Waals surface area contributed by atoms with Crippen molar-refractivity contribution in [1.82, 2.24) is 4.90 Å². The quantitative estimate of drug-likeness (QED) is 0.289. The summed E-state index contributed by atoms with van der Waals surface area (Å²) in [7, 11) is 3.56. The van der Waals surface area contributed by atoms with Crippen molar-refractivity contribution in [2.45, 2.75) is 38.6 Å². The van der Waals surface area contributed by atoms with Crippen LogP contribution in [0, 0.1) is 0 Å². The number of aliphatic hydroxyl groups excluding tert-OH is 1. The Hall–Kier alpha value is -3.32. The van der Waals surface area contributed by atoms with Crippen LogP contribution in [0.4, 0.5) is 5.69 Å². The molecule has 0 aliphatic carbocycles. The average Bonchev–Trinajstić information content (AvgIpc) is 3.08. The van der Waals surface area contributed by atoms with Crippen LogP contribution in [0.2, 0.25) is 0 Å². The number of aliphatic hydroxyl groups is 1. The summed E-state index contributed by atoms with van der Waals surface area (Å²) in [5.41, 5.74) is 3.32. The number of anilines is 1. The van der Waals surface area contributed by atoms with Crippen molar-refractivity contribution in [3.05, 3.63) is 64.7 Å². The molecule has 2 heterocycles. The van der Waals surface area contributed by atoms with E-state index in [4.69, 9.17) is 9.47 Å². The molecule has 1 unspecified atom stereocenters. The number of ether oxygens (including phenoxy) is 2. The largest absolute Gasteiger partial charge is 0.507 e. The zero-order valence-electron chi connectivity index (χ0n) is 21.1. The second-order valence-electron chi connectivity index (χ2n) is 10.2. The SMILES string of the molecule is COCCCN1C(=O)C(=O)/C(=C(\O)c2ccc3c(c2)N(C)CCO3)C1c1ccc(C(C)(C)C)cc1. The zero-order chi connectivity index (χ0) is 25.3. The first-order chi connectivity index (χ1) is 16.6. The number of ketones is 1. The number of hydrogen-bond donors (Lipinski definition) is 1. The Morgan fingerprint density at radius 1 is 1.14 bits per heavy atom. The van der Waals surface area contributed by atoms with E-state index in [9.17, 15) is 14.7 Å².